The standard InChI is InChI=1S/C21H29N3OS2.C11H23NO3.C4H6Cl2.C3H4.C2H7N/c1-4-6-13-24(5-2)14-12-17(3)22-20(25)16-27-21-23-19(15-26-21)18-10-8-7-9-11-18;1-8-10(2,3)15-9(13)12(6)11(4,5)14-7;1-2-4(6)3-5;2*1-3-2/h4,6-11,15,17H,5,12-14,16H2,1-3H3,(H,22,25);8H2,1-7H3;2H,3H2,1H3;1H,2H3;3H,1-2H3/b6-4+;;4-2+;;. The van der Waals surface area contributed by atoms with Crippen molar-refractivity contribution in [3.63, 3.8) is 0 Å². The smallest absolute Gasteiger partial charge is 0.412 e. The molecule has 0 saturated carbocycles. The second-order valence-electron chi connectivity index (χ2n) is 12.7. The molecule has 1 aromatic heterocycles. The third-order valence-electron chi connectivity index (χ3n) is 7.45. The monoisotopic (exact) mass is 829 g/mol. The van der Waals surface area contributed by atoms with Crippen molar-refractivity contribution in [3.05, 3.63) is 59.0 Å². The maximum atomic E-state index is 12.2. The van der Waals surface area contributed by atoms with E-state index in [0.717, 1.165) is 48.1 Å². The number of benzene rings is 1. The lowest BCUT2D eigenvalue weighted by Gasteiger charge is -2.35. The molecule has 1 atom stereocenters. The number of nitrogens with one attached hydrogen (secondary N) is 2. The Balaban J connectivity index is -0.000000805. The van der Waals surface area contributed by atoms with Crippen molar-refractivity contribution in [1.82, 2.24) is 25.4 Å². The molecular formula is C41H69Cl2N5O4S2. The maximum Gasteiger partial charge on any atom is 0.412 e. The van der Waals surface area contributed by atoms with Gasteiger partial charge in [0.2, 0.25) is 5.91 Å². The zero-order valence-electron chi connectivity index (χ0n) is 35.3. The molecule has 1 aromatic carbocycles. The fourth-order valence-corrected chi connectivity index (χ4v) is 5.20. The van der Waals surface area contributed by atoms with Gasteiger partial charge in [-0.2, -0.15) is 0 Å². The quantitative estimate of drug-likeness (QED) is 0.0568. The summed E-state index contributed by atoms with van der Waals surface area (Å²) in [6.45, 7) is 22.1. The number of ether oxygens (including phenoxy) is 2. The van der Waals surface area contributed by atoms with Crippen LogP contribution < -0.4 is 10.6 Å². The largest absolute Gasteiger partial charge is 0.443 e. The average Bonchev–Trinajstić information content (AvgIpc) is 3.64. The molecule has 0 spiro atoms. The minimum atomic E-state index is -0.652. The van der Waals surface area contributed by atoms with Gasteiger partial charge in [-0.3, -0.25) is 14.6 Å². The zero-order valence-corrected chi connectivity index (χ0v) is 38.5. The van der Waals surface area contributed by atoms with E-state index in [0.29, 0.717) is 16.7 Å². The zero-order chi connectivity index (χ0) is 42.2. The molecular weight excluding hydrogens is 762 g/mol. The maximum absolute atomic E-state index is 12.2. The Morgan fingerprint density at radius 1 is 1.15 bits per heavy atom. The fraction of sp³-hybridized carbons (Fsp3) is 0.585. The number of alkyl halides is 1. The third kappa shape index (κ3) is 28.8. The predicted molar refractivity (Wildman–Crippen MR) is 237 cm³/mol. The van der Waals surface area contributed by atoms with E-state index in [9.17, 15) is 9.59 Å². The highest BCUT2D eigenvalue weighted by molar-refractivity contribution is 8.01. The summed E-state index contributed by atoms with van der Waals surface area (Å²) >= 11 is 13.7. The van der Waals surface area contributed by atoms with Crippen molar-refractivity contribution >= 4 is 58.3 Å². The lowest BCUT2D eigenvalue weighted by atomic mass is 10.1. The van der Waals surface area contributed by atoms with Gasteiger partial charge in [0.1, 0.15) is 11.3 Å². The summed E-state index contributed by atoms with van der Waals surface area (Å²) in [6, 6.07) is 10.3. The van der Waals surface area contributed by atoms with Crippen LogP contribution in [0.1, 0.15) is 82.1 Å². The lowest BCUT2D eigenvalue weighted by Crippen LogP contribution is -2.48. The number of allylic oxidation sites excluding steroid dienone is 3. The van der Waals surface area contributed by atoms with Crippen LogP contribution in [0.4, 0.5) is 4.79 Å². The van der Waals surface area contributed by atoms with Gasteiger partial charge in [0.05, 0.1) is 17.3 Å². The number of thioether (sulfide) groups is 1. The molecule has 2 N–H and O–H groups in total. The van der Waals surface area contributed by atoms with Crippen molar-refractivity contribution in [3.8, 4) is 23.6 Å². The topological polar surface area (TPSA) is 96.0 Å². The number of carbonyl (C=O) groups excluding carboxylic acids is 2. The molecule has 0 fully saturated rings. The molecule has 0 saturated heterocycles. The number of likely N-dealkylation sites (N-methyl/N-ethyl adjacent to an activating group) is 1. The molecule has 54 heavy (non-hydrogen) atoms. The molecule has 2 amide bonds. The highest BCUT2D eigenvalue weighted by Crippen LogP contribution is 2.28. The Kier molecular flexibility index (Phi) is 34.9. The van der Waals surface area contributed by atoms with E-state index >= 15 is 0 Å². The Bertz CT molecular complexity index is 1350. The van der Waals surface area contributed by atoms with Gasteiger partial charge in [0.25, 0.3) is 0 Å². The molecule has 0 aliphatic carbocycles. The number of thiazole rings is 1. The van der Waals surface area contributed by atoms with Gasteiger partial charge < -0.3 is 20.1 Å². The summed E-state index contributed by atoms with van der Waals surface area (Å²) in [5.41, 5.74) is 0.991. The predicted octanol–water partition coefficient (Wildman–Crippen LogP) is 10.2. The van der Waals surface area contributed by atoms with Crippen LogP contribution in [-0.4, -0.2) is 104 Å². The van der Waals surface area contributed by atoms with Gasteiger partial charge in [0.15, 0.2) is 4.34 Å². The average molecular weight is 831 g/mol. The number of amides is 2. The minimum absolute atomic E-state index is 0.0699. The van der Waals surface area contributed by atoms with E-state index in [1.165, 1.54) is 16.7 Å². The number of hydrogen-bond donors (Lipinski definition) is 2. The van der Waals surface area contributed by atoms with Crippen LogP contribution in [0.3, 0.4) is 0 Å². The Morgan fingerprint density at radius 3 is 2.17 bits per heavy atom. The van der Waals surface area contributed by atoms with Crippen LogP contribution in [0, 0.1) is 12.3 Å². The van der Waals surface area contributed by atoms with E-state index in [4.69, 9.17) is 32.7 Å². The number of nitrogens with zero attached hydrogens (tertiary/aromatic N) is 3. The van der Waals surface area contributed by atoms with Crippen LogP contribution in [0.2, 0.25) is 0 Å². The fourth-order valence-electron chi connectivity index (χ4n) is 3.40. The van der Waals surface area contributed by atoms with E-state index in [2.05, 4.69) is 58.9 Å². The van der Waals surface area contributed by atoms with E-state index in [1.807, 2.05) is 98.3 Å². The molecule has 2 rings (SSSR count). The minimum Gasteiger partial charge on any atom is -0.443 e. The molecule has 0 radical (unpaired) electrons. The van der Waals surface area contributed by atoms with Crippen LogP contribution in [-0.2, 0) is 14.3 Å². The molecule has 308 valence electrons. The van der Waals surface area contributed by atoms with Crippen molar-refractivity contribution < 1.29 is 19.1 Å². The van der Waals surface area contributed by atoms with Crippen molar-refractivity contribution in [2.75, 3.05) is 59.5 Å². The SMILES string of the molecule is C#CC.C/C=C(/Cl)CCl.C/C=C/CN(CC)CCC(C)NC(=O)CSc1nc(-c2ccccc2)cs1.CCC(C)(C)OC(=O)N(C)C(C)(C)OC.CNC. The first kappa shape index (κ1) is 55.8. The van der Waals surface area contributed by atoms with Crippen LogP contribution in [0.5, 0.6) is 0 Å². The molecule has 2 aromatic rings. The van der Waals surface area contributed by atoms with Crippen molar-refractivity contribution in [2.45, 2.75) is 104 Å². The van der Waals surface area contributed by atoms with Crippen molar-refractivity contribution in [1.29, 1.82) is 0 Å². The third-order valence-corrected chi connectivity index (χ3v) is 10.2. The highest BCUT2D eigenvalue weighted by Gasteiger charge is 2.31. The normalized spacial score (nSPS) is 11.6. The van der Waals surface area contributed by atoms with Gasteiger partial charge in [-0.15, -0.1) is 35.3 Å². The van der Waals surface area contributed by atoms with Crippen LogP contribution in [0.15, 0.2) is 63.3 Å². The number of aromatic nitrogens is 1. The highest BCUT2D eigenvalue weighted by atomic mass is 35.5. The number of halogens is 2. The van der Waals surface area contributed by atoms with Gasteiger partial charge in [-0.25, -0.2) is 9.78 Å². The summed E-state index contributed by atoms with van der Waals surface area (Å²) < 4.78 is 11.5. The van der Waals surface area contributed by atoms with Crippen LogP contribution >= 0.6 is 46.3 Å². The molecule has 1 heterocycles. The first-order chi connectivity index (χ1) is 25.4. The number of methoxy groups -OCH3 is 1. The first-order valence-electron chi connectivity index (χ1n) is 18.0. The van der Waals surface area contributed by atoms with E-state index in [1.54, 1.807) is 38.5 Å². The van der Waals surface area contributed by atoms with E-state index < -0.39 is 11.3 Å². The molecule has 0 aliphatic heterocycles. The summed E-state index contributed by atoms with van der Waals surface area (Å²) in [6.07, 6.45) is 12.0. The Hall–Kier alpha value is -2.56. The second kappa shape index (κ2) is 33.8. The summed E-state index contributed by atoms with van der Waals surface area (Å²) in [7, 11) is 6.98. The lowest BCUT2D eigenvalue weighted by molar-refractivity contribution is -0.119. The summed E-state index contributed by atoms with van der Waals surface area (Å²) in [5, 5.41) is 8.60. The van der Waals surface area contributed by atoms with Gasteiger partial charge in [-0.1, -0.05) is 85.8 Å². The number of hydrogen-bond acceptors (Lipinski definition) is 9. The number of rotatable bonds is 16. The summed E-state index contributed by atoms with van der Waals surface area (Å²) in [5.74, 6) is 3.15. The molecule has 13 heteroatoms. The Morgan fingerprint density at radius 2 is 1.72 bits per heavy atom. The van der Waals surface area contributed by atoms with E-state index in [-0.39, 0.29) is 18.0 Å². The summed E-state index contributed by atoms with van der Waals surface area (Å²) in [4.78, 5) is 32.4. The van der Waals surface area contributed by atoms with Gasteiger partial charge in [0, 0.05) is 49.3 Å². The first-order valence-corrected chi connectivity index (χ1v) is 20.8. The molecule has 0 bridgehead atoms. The molecule has 0 aliphatic rings. The molecule has 9 nitrogen and oxygen atoms in total. The second-order valence-corrected chi connectivity index (χ2v) is 15.6. The van der Waals surface area contributed by atoms with Gasteiger partial charge >= 0.3 is 6.09 Å². The number of carbonyl (C=O) groups is 2. The van der Waals surface area contributed by atoms with Crippen molar-refractivity contribution in [2.24, 2.45) is 0 Å². The Labute approximate surface area is 347 Å². The van der Waals surface area contributed by atoms with Crippen LogP contribution in [0.25, 0.3) is 11.3 Å². The molecule has 1 unspecified atom stereocenters. The number of terminal acetylenes is 1. The van der Waals surface area contributed by atoms with Gasteiger partial charge in [-0.05, 0) is 88.9 Å².